The zero-order chi connectivity index (χ0) is 19.8. The molecule has 1 unspecified atom stereocenters. The van der Waals surface area contributed by atoms with Gasteiger partial charge in [0.25, 0.3) is 0 Å². The predicted octanol–water partition coefficient (Wildman–Crippen LogP) is 2.06. The van der Waals surface area contributed by atoms with Crippen molar-refractivity contribution < 1.29 is 9.53 Å². The molecule has 2 heterocycles. The molecule has 1 atom stereocenters. The summed E-state index contributed by atoms with van der Waals surface area (Å²) >= 11 is 0. The van der Waals surface area contributed by atoms with Crippen molar-refractivity contribution in [3.8, 4) is 0 Å². The van der Waals surface area contributed by atoms with Crippen LogP contribution in [-0.4, -0.2) is 86.2 Å². The van der Waals surface area contributed by atoms with E-state index in [4.69, 9.17) is 9.73 Å². The number of nitrogens with one attached hydrogen (secondary N) is 2. The summed E-state index contributed by atoms with van der Waals surface area (Å²) in [7, 11) is 0. The van der Waals surface area contributed by atoms with Gasteiger partial charge in [0.15, 0.2) is 5.96 Å². The Balaban J connectivity index is 0.00000300. The van der Waals surface area contributed by atoms with Crippen molar-refractivity contribution in [1.82, 2.24) is 20.4 Å². The molecular formula is C21H40IN5O2. The Labute approximate surface area is 193 Å². The van der Waals surface area contributed by atoms with Crippen molar-refractivity contribution in [2.45, 2.75) is 58.0 Å². The molecule has 2 N–H and O–H groups in total. The summed E-state index contributed by atoms with van der Waals surface area (Å²) in [5.74, 6) is 1.58. The van der Waals surface area contributed by atoms with E-state index in [1.54, 1.807) is 0 Å². The third-order valence-electron chi connectivity index (χ3n) is 6.33. The first-order chi connectivity index (χ1) is 13.6. The van der Waals surface area contributed by atoms with Gasteiger partial charge in [-0.3, -0.25) is 14.7 Å². The van der Waals surface area contributed by atoms with Gasteiger partial charge in [-0.1, -0.05) is 12.8 Å². The van der Waals surface area contributed by atoms with Gasteiger partial charge in [-0.25, -0.2) is 0 Å². The fourth-order valence-electron chi connectivity index (χ4n) is 4.50. The van der Waals surface area contributed by atoms with Gasteiger partial charge in [-0.2, -0.15) is 0 Å². The summed E-state index contributed by atoms with van der Waals surface area (Å²) in [6.45, 7) is 12.2. The summed E-state index contributed by atoms with van der Waals surface area (Å²) in [5, 5.41) is 6.78. The number of amides is 1. The molecule has 29 heavy (non-hydrogen) atoms. The molecule has 2 aliphatic heterocycles. The zero-order valence-electron chi connectivity index (χ0n) is 18.3. The van der Waals surface area contributed by atoms with Crippen molar-refractivity contribution in [2.24, 2.45) is 10.9 Å². The first-order valence-corrected chi connectivity index (χ1v) is 11.3. The monoisotopic (exact) mass is 521 g/mol. The molecule has 0 aromatic heterocycles. The van der Waals surface area contributed by atoms with Crippen LogP contribution in [0.2, 0.25) is 0 Å². The van der Waals surface area contributed by atoms with Crippen LogP contribution >= 0.6 is 24.0 Å². The summed E-state index contributed by atoms with van der Waals surface area (Å²) in [6.07, 6.45) is 6.86. The van der Waals surface area contributed by atoms with Crippen LogP contribution in [0.25, 0.3) is 0 Å². The summed E-state index contributed by atoms with van der Waals surface area (Å²) < 4.78 is 5.83. The SMILES string of the molecule is CCNC(=NCC1(C)CCCO1)NCCN1CCN(C(=O)C2CCCC2)CC1.I. The summed E-state index contributed by atoms with van der Waals surface area (Å²) in [6, 6.07) is 0. The molecule has 3 aliphatic rings. The van der Waals surface area contributed by atoms with Gasteiger partial charge < -0.3 is 20.3 Å². The standard InChI is InChI=1S/C21H39N5O2.HI/c1-3-22-20(24-17-21(2)9-6-16-28-21)23-10-11-25-12-14-26(15-13-25)19(27)18-7-4-5-8-18;/h18H,3-17H2,1-2H3,(H2,22,23,24);1H. The number of hydrogen-bond donors (Lipinski definition) is 2. The average molecular weight is 521 g/mol. The van der Waals surface area contributed by atoms with Crippen LogP contribution in [0.3, 0.4) is 0 Å². The lowest BCUT2D eigenvalue weighted by molar-refractivity contribution is -0.137. The van der Waals surface area contributed by atoms with Gasteiger partial charge in [-0.05, 0) is 39.5 Å². The van der Waals surface area contributed by atoms with Crippen molar-refractivity contribution in [3.63, 3.8) is 0 Å². The van der Waals surface area contributed by atoms with Crippen molar-refractivity contribution in [2.75, 3.05) is 59.0 Å². The molecule has 0 spiro atoms. The van der Waals surface area contributed by atoms with E-state index in [1.165, 1.54) is 12.8 Å². The molecule has 2 saturated heterocycles. The van der Waals surface area contributed by atoms with Gasteiger partial charge in [-0.15, -0.1) is 24.0 Å². The van der Waals surface area contributed by atoms with Crippen LogP contribution in [0.5, 0.6) is 0 Å². The van der Waals surface area contributed by atoms with E-state index in [9.17, 15) is 4.79 Å². The number of carbonyl (C=O) groups is 1. The number of carbonyl (C=O) groups excluding carboxylic acids is 1. The minimum absolute atomic E-state index is 0. The Morgan fingerprint density at radius 1 is 1.14 bits per heavy atom. The Morgan fingerprint density at radius 3 is 2.48 bits per heavy atom. The Kier molecular flexibility index (Phi) is 10.5. The first-order valence-electron chi connectivity index (χ1n) is 11.3. The molecule has 8 heteroatoms. The van der Waals surface area contributed by atoms with Crippen LogP contribution < -0.4 is 10.6 Å². The maximum atomic E-state index is 12.6. The van der Waals surface area contributed by atoms with Crippen LogP contribution in [0.1, 0.15) is 52.4 Å². The van der Waals surface area contributed by atoms with Crippen molar-refractivity contribution in [3.05, 3.63) is 0 Å². The molecule has 3 fully saturated rings. The molecule has 0 aromatic carbocycles. The Hall–Kier alpha value is -0.610. The normalized spacial score (nSPS) is 26.4. The van der Waals surface area contributed by atoms with Crippen LogP contribution in [-0.2, 0) is 9.53 Å². The number of hydrogen-bond acceptors (Lipinski definition) is 4. The highest BCUT2D eigenvalue weighted by molar-refractivity contribution is 14.0. The molecule has 1 aliphatic carbocycles. The molecule has 0 radical (unpaired) electrons. The highest BCUT2D eigenvalue weighted by atomic mass is 127. The van der Waals surface area contributed by atoms with Crippen LogP contribution in [0.15, 0.2) is 4.99 Å². The largest absolute Gasteiger partial charge is 0.373 e. The predicted molar refractivity (Wildman–Crippen MR) is 128 cm³/mol. The van der Waals surface area contributed by atoms with Gasteiger partial charge in [0.2, 0.25) is 5.91 Å². The highest BCUT2D eigenvalue weighted by Gasteiger charge is 2.30. The van der Waals surface area contributed by atoms with Crippen LogP contribution in [0.4, 0.5) is 0 Å². The quantitative estimate of drug-likeness (QED) is 0.305. The Bertz CT molecular complexity index is 525. The molecule has 1 saturated carbocycles. The minimum atomic E-state index is -0.107. The second-order valence-corrected chi connectivity index (χ2v) is 8.67. The number of aliphatic imine (C=N–C) groups is 1. The molecule has 0 bridgehead atoms. The molecule has 168 valence electrons. The molecule has 7 nitrogen and oxygen atoms in total. The number of guanidine groups is 1. The number of rotatable bonds is 7. The maximum Gasteiger partial charge on any atom is 0.225 e. The molecule has 1 amide bonds. The van der Waals surface area contributed by atoms with Crippen LogP contribution in [0, 0.1) is 5.92 Å². The molecule has 3 rings (SSSR count). The number of halogens is 1. The van der Waals surface area contributed by atoms with E-state index in [2.05, 4.69) is 34.3 Å². The van der Waals surface area contributed by atoms with Gasteiger partial charge >= 0.3 is 0 Å². The number of piperazine rings is 1. The Morgan fingerprint density at radius 2 is 1.86 bits per heavy atom. The zero-order valence-corrected chi connectivity index (χ0v) is 20.6. The second kappa shape index (κ2) is 12.3. The lowest BCUT2D eigenvalue weighted by Crippen LogP contribution is -2.52. The lowest BCUT2D eigenvalue weighted by Gasteiger charge is -2.36. The van der Waals surface area contributed by atoms with Crippen molar-refractivity contribution >= 4 is 35.8 Å². The van der Waals surface area contributed by atoms with E-state index in [0.29, 0.717) is 18.4 Å². The van der Waals surface area contributed by atoms with E-state index < -0.39 is 0 Å². The maximum absolute atomic E-state index is 12.6. The van der Waals surface area contributed by atoms with Gasteiger partial charge in [0.05, 0.1) is 12.1 Å². The van der Waals surface area contributed by atoms with E-state index in [-0.39, 0.29) is 29.6 Å². The minimum Gasteiger partial charge on any atom is -0.373 e. The third kappa shape index (κ3) is 7.54. The highest BCUT2D eigenvalue weighted by Crippen LogP contribution is 2.27. The fraction of sp³-hybridized carbons (Fsp3) is 0.905. The topological polar surface area (TPSA) is 69.2 Å². The number of nitrogens with zero attached hydrogens (tertiary/aromatic N) is 3. The second-order valence-electron chi connectivity index (χ2n) is 8.67. The van der Waals surface area contributed by atoms with Crippen molar-refractivity contribution in [1.29, 1.82) is 0 Å². The van der Waals surface area contributed by atoms with E-state index in [1.807, 2.05) is 0 Å². The number of ether oxygens (including phenoxy) is 1. The van der Waals surface area contributed by atoms with Gasteiger partial charge in [0, 0.05) is 58.3 Å². The third-order valence-corrected chi connectivity index (χ3v) is 6.33. The molecule has 0 aromatic rings. The average Bonchev–Trinajstić information content (AvgIpc) is 3.39. The fourth-order valence-corrected chi connectivity index (χ4v) is 4.50. The first kappa shape index (κ1) is 24.7. The van der Waals surface area contributed by atoms with E-state index >= 15 is 0 Å². The summed E-state index contributed by atoms with van der Waals surface area (Å²) in [5.41, 5.74) is -0.107. The smallest absolute Gasteiger partial charge is 0.225 e. The molecular weight excluding hydrogens is 481 g/mol. The lowest BCUT2D eigenvalue weighted by atomic mass is 10.0. The summed E-state index contributed by atoms with van der Waals surface area (Å²) in [4.78, 5) is 21.8. The van der Waals surface area contributed by atoms with Gasteiger partial charge in [0.1, 0.15) is 0 Å². The van der Waals surface area contributed by atoms with E-state index in [0.717, 1.165) is 84.1 Å².